The minimum Gasteiger partial charge on any atom is -0.355 e. The first-order valence-corrected chi connectivity index (χ1v) is 6.34. The minimum atomic E-state index is 0.529. The molecule has 3 nitrogen and oxygen atoms in total. The van der Waals surface area contributed by atoms with E-state index in [1.165, 1.54) is 12.8 Å². The number of rotatable bonds is 6. The first-order chi connectivity index (χ1) is 7.54. The van der Waals surface area contributed by atoms with Gasteiger partial charge in [-0.05, 0) is 26.2 Å². The maximum Gasteiger partial charge on any atom is 0.203 e. The fraction of sp³-hybridized carbons (Fsp3) is 0.769. The highest BCUT2D eigenvalue weighted by Gasteiger charge is 2.11. The molecule has 0 spiro atoms. The maximum atomic E-state index is 4.54. The van der Waals surface area contributed by atoms with Gasteiger partial charge in [0.05, 0.1) is 5.69 Å². The van der Waals surface area contributed by atoms with Crippen molar-refractivity contribution in [2.45, 2.75) is 53.5 Å². The van der Waals surface area contributed by atoms with Gasteiger partial charge in [-0.15, -0.1) is 0 Å². The largest absolute Gasteiger partial charge is 0.355 e. The Labute approximate surface area is 99.3 Å². The van der Waals surface area contributed by atoms with E-state index in [4.69, 9.17) is 0 Å². The molecule has 1 heterocycles. The first kappa shape index (κ1) is 13.1. The van der Waals surface area contributed by atoms with Crippen molar-refractivity contribution < 1.29 is 0 Å². The molecule has 3 heteroatoms. The van der Waals surface area contributed by atoms with Gasteiger partial charge in [-0.1, -0.05) is 27.2 Å². The number of aryl methyl sites for hydroxylation is 1. The van der Waals surface area contributed by atoms with Crippen LogP contribution >= 0.6 is 0 Å². The van der Waals surface area contributed by atoms with Crippen LogP contribution in [0.2, 0.25) is 0 Å². The van der Waals surface area contributed by atoms with E-state index in [1.54, 1.807) is 0 Å². The molecule has 0 fully saturated rings. The molecule has 0 aliphatic heterocycles. The lowest BCUT2D eigenvalue weighted by Crippen LogP contribution is -2.14. The van der Waals surface area contributed by atoms with Crippen molar-refractivity contribution in [3.8, 4) is 0 Å². The predicted octanol–water partition coefficient (Wildman–Crippen LogP) is 3.62. The van der Waals surface area contributed by atoms with E-state index in [9.17, 15) is 0 Å². The highest BCUT2D eigenvalue weighted by atomic mass is 15.2. The van der Waals surface area contributed by atoms with Gasteiger partial charge in [-0.25, -0.2) is 4.98 Å². The van der Waals surface area contributed by atoms with Gasteiger partial charge < -0.3 is 9.88 Å². The van der Waals surface area contributed by atoms with Crippen LogP contribution < -0.4 is 5.32 Å². The Bertz CT molecular complexity index is 315. The third kappa shape index (κ3) is 3.54. The van der Waals surface area contributed by atoms with Gasteiger partial charge in [0, 0.05) is 18.8 Å². The van der Waals surface area contributed by atoms with Crippen LogP contribution in [0.25, 0.3) is 0 Å². The fourth-order valence-electron chi connectivity index (χ4n) is 1.84. The number of anilines is 1. The average molecular weight is 223 g/mol. The summed E-state index contributed by atoms with van der Waals surface area (Å²) in [6.07, 6.45) is 4.55. The Morgan fingerprint density at radius 1 is 1.38 bits per heavy atom. The van der Waals surface area contributed by atoms with Gasteiger partial charge in [0.15, 0.2) is 0 Å². The Balaban J connectivity index is 2.74. The molecule has 1 aromatic heterocycles. The van der Waals surface area contributed by atoms with Crippen molar-refractivity contribution in [3.05, 3.63) is 11.9 Å². The second kappa shape index (κ2) is 5.92. The summed E-state index contributed by atoms with van der Waals surface area (Å²) in [5.74, 6) is 1.67. The van der Waals surface area contributed by atoms with Crippen LogP contribution in [0.5, 0.6) is 0 Å². The molecular weight excluding hydrogens is 198 g/mol. The van der Waals surface area contributed by atoms with Crippen LogP contribution in [-0.2, 0) is 0 Å². The summed E-state index contributed by atoms with van der Waals surface area (Å²) in [6, 6.07) is 0.529. The van der Waals surface area contributed by atoms with E-state index in [0.717, 1.165) is 18.2 Å². The molecule has 0 radical (unpaired) electrons. The van der Waals surface area contributed by atoms with E-state index in [-0.39, 0.29) is 0 Å². The van der Waals surface area contributed by atoms with Crippen molar-refractivity contribution in [3.63, 3.8) is 0 Å². The zero-order valence-electron chi connectivity index (χ0n) is 11.2. The van der Waals surface area contributed by atoms with Crippen LogP contribution in [0.3, 0.4) is 0 Å². The van der Waals surface area contributed by atoms with Gasteiger partial charge in [-0.2, -0.15) is 0 Å². The van der Waals surface area contributed by atoms with Crippen LogP contribution in [-0.4, -0.2) is 16.1 Å². The topological polar surface area (TPSA) is 29.9 Å². The normalized spacial score (nSPS) is 13.1. The number of aromatic nitrogens is 2. The van der Waals surface area contributed by atoms with Crippen LogP contribution in [0.4, 0.5) is 5.95 Å². The smallest absolute Gasteiger partial charge is 0.203 e. The Morgan fingerprint density at radius 2 is 2.06 bits per heavy atom. The van der Waals surface area contributed by atoms with E-state index < -0.39 is 0 Å². The summed E-state index contributed by atoms with van der Waals surface area (Å²) in [4.78, 5) is 4.54. The lowest BCUT2D eigenvalue weighted by molar-refractivity contribution is 0.502. The molecule has 0 bridgehead atoms. The van der Waals surface area contributed by atoms with Crippen molar-refractivity contribution in [1.82, 2.24) is 9.55 Å². The maximum absolute atomic E-state index is 4.54. The standard InChI is InChI=1S/C13H25N3/c1-6-7-12(5)16-9-11(4)15-13(16)14-8-10(2)3/h9-10,12H,6-8H2,1-5H3,(H,14,15). The summed E-state index contributed by atoms with van der Waals surface area (Å²) >= 11 is 0. The molecule has 92 valence electrons. The Morgan fingerprint density at radius 3 is 2.62 bits per heavy atom. The van der Waals surface area contributed by atoms with Crippen LogP contribution in [0, 0.1) is 12.8 Å². The molecule has 16 heavy (non-hydrogen) atoms. The molecule has 0 saturated carbocycles. The zero-order valence-corrected chi connectivity index (χ0v) is 11.2. The van der Waals surface area contributed by atoms with Crippen molar-refractivity contribution >= 4 is 5.95 Å². The molecule has 0 amide bonds. The third-order valence-corrected chi connectivity index (χ3v) is 2.70. The van der Waals surface area contributed by atoms with Crippen molar-refractivity contribution in [1.29, 1.82) is 0 Å². The van der Waals surface area contributed by atoms with Gasteiger partial charge in [0.1, 0.15) is 0 Å². The number of hydrogen-bond donors (Lipinski definition) is 1. The van der Waals surface area contributed by atoms with Crippen molar-refractivity contribution in [2.75, 3.05) is 11.9 Å². The van der Waals surface area contributed by atoms with E-state index in [2.05, 4.69) is 55.7 Å². The molecule has 1 rings (SSSR count). The molecule has 0 aliphatic carbocycles. The molecule has 1 N–H and O–H groups in total. The zero-order chi connectivity index (χ0) is 12.1. The number of nitrogens with zero attached hydrogens (tertiary/aromatic N) is 2. The summed E-state index contributed by atoms with van der Waals surface area (Å²) in [5, 5.41) is 3.42. The highest BCUT2D eigenvalue weighted by Crippen LogP contribution is 2.19. The average Bonchev–Trinajstić information content (AvgIpc) is 2.57. The second-order valence-electron chi connectivity index (χ2n) is 5.03. The van der Waals surface area contributed by atoms with Crippen LogP contribution in [0.1, 0.15) is 52.3 Å². The molecule has 0 saturated heterocycles. The number of hydrogen-bond acceptors (Lipinski definition) is 2. The first-order valence-electron chi connectivity index (χ1n) is 6.34. The highest BCUT2D eigenvalue weighted by molar-refractivity contribution is 5.29. The van der Waals surface area contributed by atoms with E-state index in [1.807, 2.05) is 0 Å². The van der Waals surface area contributed by atoms with E-state index >= 15 is 0 Å². The molecular formula is C13H25N3. The molecule has 0 aromatic carbocycles. The fourth-order valence-corrected chi connectivity index (χ4v) is 1.84. The second-order valence-corrected chi connectivity index (χ2v) is 5.03. The Kier molecular flexibility index (Phi) is 4.84. The molecule has 0 aliphatic rings. The molecule has 1 unspecified atom stereocenters. The van der Waals surface area contributed by atoms with Gasteiger partial charge in [0.25, 0.3) is 0 Å². The predicted molar refractivity (Wildman–Crippen MR) is 69.9 cm³/mol. The third-order valence-electron chi connectivity index (χ3n) is 2.70. The summed E-state index contributed by atoms with van der Waals surface area (Å²) in [7, 11) is 0. The number of nitrogens with one attached hydrogen (secondary N) is 1. The van der Waals surface area contributed by atoms with Gasteiger partial charge in [-0.3, -0.25) is 0 Å². The van der Waals surface area contributed by atoms with Gasteiger partial charge in [0.2, 0.25) is 5.95 Å². The number of imidazole rings is 1. The lowest BCUT2D eigenvalue weighted by Gasteiger charge is -2.16. The summed E-state index contributed by atoms with van der Waals surface area (Å²) < 4.78 is 2.27. The minimum absolute atomic E-state index is 0.529. The summed E-state index contributed by atoms with van der Waals surface area (Å²) in [5.41, 5.74) is 1.09. The molecule has 1 atom stereocenters. The molecule has 1 aromatic rings. The van der Waals surface area contributed by atoms with Crippen LogP contribution in [0.15, 0.2) is 6.20 Å². The SMILES string of the molecule is CCCC(C)n1cc(C)nc1NCC(C)C. The quantitative estimate of drug-likeness (QED) is 0.798. The van der Waals surface area contributed by atoms with Crippen molar-refractivity contribution in [2.24, 2.45) is 5.92 Å². The monoisotopic (exact) mass is 223 g/mol. The Hall–Kier alpha value is -0.990. The van der Waals surface area contributed by atoms with E-state index in [0.29, 0.717) is 12.0 Å². The summed E-state index contributed by atoms with van der Waals surface area (Å²) in [6.45, 7) is 11.9. The lowest BCUT2D eigenvalue weighted by atomic mass is 10.2. The van der Waals surface area contributed by atoms with Gasteiger partial charge >= 0.3 is 0 Å².